The summed E-state index contributed by atoms with van der Waals surface area (Å²) in [5, 5.41) is 14.0. The number of hydrogen-bond donors (Lipinski definition) is 1. The molecule has 0 amide bonds. The van der Waals surface area contributed by atoms with Crippen LogP contribution in [0.25, 0.3) is 16.9 Å². The predicted molar refractivity (Wildman–Crippen MR) is 133 cm³/mol. The second kappa shape index (κ2) is 10.8. The molecule has 37 heavy (non-hydrogen) atoms. The summed E-state index contributed by atoms with van der Waals surface area (Å²) >= 11 is 0. The minimum Gasteiger partial charge on any atom is -0.493 e. The van der Waals surface area contributed by atoms with E-state index < -0.39 is 15.1 Å². The molecule has 200 valence electrons. The van der Waals surface area contributed by atoms with Gasteiger partial charge in [-0.05, 0) is 57.2 Å². The number of aromatic amines is 1. The van der Waals surface area contributed by atoms with Crippen LogP contribution in [0.1, 0.15) is 44.6 Å². The van der Waals surface area contributed by atoms with Crippen LogP contribution >= 0.6 is 0 Å². The van der Waals surface area contributed by atoms with Gasteiger partial charge < -0.3 is 14.6 Å². The Bertz CT molecular complexity index is 1460. The van der Waals surface area contributed by atoms with Crippen LogP contribution in [0.3, 0.4) is 0 Å². The molecule has 0 saturated carbocycles. The molecule has 1 aliphatic rings. The van der Waals surface area contributed by atoms with E-state index >= 15 is 0 Å². The van der Waals surface area contributed by atoms with Gasteiger partial charge in [-0.25, -0.2) is 17.9 Å². The Morgan fingerprint density at radius 1 is 1.27 bits per heavy atom. The number of nitrogens with zero attached hydrogens (tertiary/aromatic N) is 5. The molecule has 13 nitrogen and oxygen atoms in total. The van der Waals surface area contributed by atoms with Gasteiger partial charge in [0.05, 0.1) is 29.4 Å². The van der Waals surface area contributed by atoms with Crippen molar-refractivity contribution >= 4 is 15.5 Å². The van der Waals surface area contributed by atoms with Gasteiger partial charge in [0.1, 0.15) is 11.6 Å². The quantitative estimate of drug-likeness (QED) is 0.209. The van der Waals surface area contributed by atoms with E-state index in [0.717, 1.165) is 6.42 Å². The van der Waals surface area contributed by atoms with Crippen molar-refractivity contribution < 1.29 is 23.1 Å². The topological polar surface area (TPSA) is 162 Å². The van der Waals surface area contributed by atoms with Crippen LogP contribution in [0.15, 0.2) is 27.9 Å². The second-order valence-corrected chi connectivity index (χ2v) is 10.8. The summed E-state index contributed by atoms with van der Waals surface area (Å²) in [6.45, 7) is 6.53. The van der Waals surface area contributed by atoms with Gasteiger partial charge in [0.2, 0.25) is 10.0 Å². The summed E-state index contributed by atoms with van der Waals surface area (Å²) in [4.78, 5) is 34.8. The van der Waals surface area contributed by atoms with Crippen molar-refractivity contribution in [3.05, 3.63) is 50.2 Å². The van der Waals surface area contributed by atoms with Crippen LogP contribution < -0.4 is 10.3 Å². The van der Waals surface area contributed by atoms with Crippen molar-refractivity contribution in [2.24, 2.45) is 5.92 Å². The molecule has 14 heteroatoms. The zero-order valence-electron chi connectivity index (χ0n) is 21.0. The lowest BCUT2D eigenvalue weighted by Gasteiger charge is -2.38. The number of imidazole rings is 1. The molecule has 3 heterocycles. The van der Waals surface area contributed by atoms with Crippen molar-refractivity contribution in [2.45, 2.75) is 51.3 Å². The molecule has 3 aromatic rings. The van der Waals surface area contributed by atoms with Gasteiger partial charge >= 0.3 is 0 Å². The zero-order valence-corrected chi connectivity index (χ0v) is 21.8. The Balaban J connectivity index is 1.63. The lowest BCUT2D eigenvalue weighted by molar-refractivity contribution is -0.757. The number of ether oxygens (including phenoxy) is 1. The van der Waals surface area contributed by atoms with Crippen LogP contribution in [0.2, 0.25) is 0 Å². The summed E-state index contributed by atoms with van der Waals surface area (Å²) < 4.78 is 35.2. The van der Waals surface area contributed by atoms with Gasteiger partial charge in [-0.1, -0.05) is 6.92 Å². The van der Waals surface area contributed by atoms with Crippen LogP contribution in [0.5, 0.6) is 5.75 Å². The highest BCUT2D eigenvalue weighted by Crippen LogP contribution is 2.34. The number of hydrogen-bond acceptors (Lipinski definition) is 9. The van der Waals surface area contributed by atoms with Crippen molar-refractivity contribution in [3.63, 3.8) is 0 Å². The minimum atomic E-state index is -3.81. The van der Waals surface area contributed by atoms with E-state index in [9.17, 15) is 23.3 Å². The van der Waals surface area contributed by atoms with Crippen molar-refractivity contribution in [3.8, 4) is 17.1 Å². The molecular formula is C23H30N6O7S. The number of aromatic nitrogens is 4. The Hall–Kier alpha value is -3.52. The molecule has 1 aromatic carbocycles. The van der Waals surface area contributed by atoms with E-state index in [0.29, 0.717) is 67.3 Å². The SMILES string of the molecule is CCCc1nc(C)c2c(=O)[nH]c(-c3cc(S(=O)(=O)N4CC(CCCO[N+](=O)[O-])C4)ccc3OCC)nn12. The highest BCUT2D eigenvalue weighted by Gasteiger charge is 2.36. The molecule has 0 radical (unpaired) electrons. The number of aryl methyl sites for hydroxylation is 2. The molecule has 0 bridgehead atoms. The lowest BCUT2D eigenvalue weighted by Crippen LogP contribution is -2.49. The van der Waals surface area contributed by atoms with Crippen molar-refractivity contribution in [1.29, 1.82) is 0 Å². The first-order valence-electron chi connectivity index (χ1n) is 12.2. The van der Waals surface area contributed by atoms with E-state index in [2.05, 4.69) is 19.9 Å². The summed E-state index contributed by atoms with van der Waals surface area (Å²) in [5.41, 5.74) is 0.899. The first-order chi connectivity index (χ1) is 17.6. The molecule has 0 unspecified atom stereocenters. The Morgan fingerprint density at radius 2 is 2.03 bits per heavy atom. The van der Waals surface area contributed by atoms with E-state index in [-0.39, 0.29) is 28.8 Å². The third kappa shape index (κ3) is 5.44. The third-order valence-electron chi connectivity index (χ3n) is 6.24. The number of H-pyrrole nitrogens is 1. The molecule has 0 atom stereocenters. The molecule has 0 spiro atoms. The largest absolute Gasteiger partial charge is 0.493 e. The van der Waals surface area contributed by atoms with E-state index in [1.807, 2.05) is 13.8 Å². The van der Waals surface area contributed by atoms with Crippen LogP contribution in [-0.2, 0) is 21.3 Å². The zero-order chi connectivity index (χ0) is 26.7. The number of fused-ring (bicyclic) bond motifs is 1. The summed E-state index contributed by atoms with van der Waals surface area (Å²) in [7, 11) is -3.81. The molecule has 1 saturated heterocycles. The first kappa shape index (κ1) is 26.5. The minimum absolute atomic E-state index is 0.00947. The molecule has 1 N–H and O–H groups in total. The number of benzene rings is 1. The average molecular weight is 535 g/mol. The van der Waals surface area contributed by atoms with Crippen molar-refractivity contribution in [2.75, 3.05) is 26.3 Å². The third-order valence-corrected chi connectivity index (χ3v) is 8.06. The number of sulfonamides is 1. The van der Waals surface area contributed by atoms with Gasteiger partial charge in [-0.2, -0.15) is 4.31 Å². The predicted octanol–water partition coefficient (Wildman–Crippen LogP) is 2.35. The maximum absolute atomic E-state index is 13.3. The lowest BCUT2D eigenvalue weighted by atomic mass is 9.98. The van der Waals surface area contributed by atoms with Crippen LogP contribution in [0, 0.1) is 23.0 Å². The van der Waals surface area contributed by atoms with Gasteiger partial charge in [0.25, 0.3) is 10.6 Å². The van der Waals surface area contributed by atoms with E-state index in [1.165, 1.54) is 21.0 Å². The average Bonchev–Trinajstić information content (AvgIpc) is 3.13. The van der Waals surface area contributed by atoms with Gasteiger partial charge in [0, 0.05) is 19.5 Å². The fourth-order valence-electron chi connectivity index (χ4n) is 4.44. The van der Waals surface area contributed by atoms with E-state index in [4.69, 9.17) is 4.74 Å². The molecule has 4 rings (SSSR count). The highest BCUT2D eigenvalue weighted by molar-refractivity contribution is 7.89. The first-order valence-corrected chi connectivity index (χ1v) is 13.6. The normalized spacial score (nSPS) is 14.6. The molecule has 1 aliphatic heterocycles. The van der Waals surface area contributed by atoms with E-state index in [1.54, 1.807) is 13.0 Å². The number of nitrogens with one attached hydrogen (secondary N) is 1. The summed E-state index contributed by atoms with van der Waals surface area (Å²) in [5.74, 6) is 1.33. The number of rotatable bonds is 12. The maximum Gasteiger partial charge on any atom is 0.294 e. The molecule has 1 fully saturated rings. The fraction of sp³-hybridized carbons (Fsp3) is 0.522. The van der Waals surface area contributed by atoms with Gasteiger partial charge in [-0.15, -0.1) is 15.2 Å². The van der Waals surface area contributed by atoms with Crippen molar-refractivity contribution in [1.82, 2.24) is 23.9 Å². The second-order valence-electron chi connectivity index (χ2n) is 8.90. The highest BCUT2D eigenvalue weighted by atomic mass is 32.2. The summed E-state index contributed by atoms with van der Waals surface area (Å²) in [6, 6.07) is 4.50. The van der Waals surface area contributed by atoms with Gasteiger partial charge in [-0.3, -0.25) is 4.79 Å². The van der Waals surface area contributed by atoms with Crippen LogP contribution in [-0.4, -0.2) is 63.7 Å². The monoisotopic (exact) mass is 534 g/mol. The molecular weight excluding hydrogens is 504 g/mol. The molecule has 2 aromatic heterocycles. The fourth-order valence-corrected chi connectivity index (χ4v) is 6.06. The van der Waals surface area contributed by atoms with Gasteiger partial charge in [0.15, 0.2) is 11.3 Å². The summed E-state index contributed by atoms with van der Waals surface area (Å²) in [6.07, 6.45) is 2.55. The Morgan fingerprint density at radius 3 is 2.70 bits per heavy atom. The molecule has 0 aliphatic carbocycles. The maximum atomic E-state index is 13.3. The van der Waals surface area contributed by atoms with Crippen LogP contribution in [0.4, 0.5) is 0 Å². The smallest absolute Gasteiger partial charge is 0.294 e. The Labute approximate surface area is 213 Å². The Kier molecular flexibility index (Phi) is 7.78. The standard InChI is InChI=1S/C23H30N6O7S/c1-4-7-20-24-15(3)21-23(30)25-22(26-28(20)21)18-12-17(9-10-19(18)35-5-2)37(33,34)27-13-16(14-27)8-6-11-36-29(31)32/h9-10,12,16H,4-8,11,13-14H2,1-3H3,(H,25,26,30).